The first kappa shape index (κ1) is 25.2. The highest BCUT2D eigenvalue weighted by molar-refractivity contribution is 6.02. The van der Waals surface area contributed by atoms with Crippen molar-refractivity contribution in [2.75, 3.05) is 0 Å². The molecule has 0 saturated carbocycles. The lowest BCUT2D eigenvalue weighted by Gasteiger charge is -2.16. The fourth-order valence-electron chi connectivity index (χ4n) is 4.18. The third-order valence-electron chi connectivity index (χ3n) is 6.34. The van der Waals surface area contributed by atoms with Gasteiger partial charge in [0.05, 0.1) is 28.8 Å². The highest BCUT2D eigenvalue weighted by Crippen LogP contribution is 2.32. The molecule has 192 valence electrons. The van der Waals surface area contributed by atoms with E-state index in [0.29, 0.717) is 22.2 Å². The number of para-hydroxylation sites is 1. The van der Waals surface area contributed by atoms with Gasteiger partial charge >= 0.3 is 6.18 Å². The number of alkyl halides is 3. The molecule has 1 heterocycles. The molecular weight excluding hydrogens is 491 g/mol. The van der Waals surface area contributed by atoms with Crippen LogP contribution in [0.4, 0.5) is 13.2 Å². The number of ether oxygens (including phenoxy) is 1. The average molecular weight is 516 g/mol. The number of benzene rings is 4. The molecule has 5 rings (SSSR count). The Morgan fingerprint density at radius 1 is 0.974 bits per heavy atom. The third-order valence-corrected chi connectivity index (χ3v) is 6.34. The second-order valence-electron chi connectivity index (χ2n) is 8.93. The zero-order valence-electron chi connectivity index (χ0n) is 20.7. The van der Waals surface area contributed by atoms with Gasteiger partial charge in [-0.15, -0.1) is 0 Å². The SMILES string of the molecule is CC[C@H](C)Oc1ccc2ccccc2c1C=Nn1c(-c2cccc(C(F)(F)F)c2)nc2ccccc2c1=O. The van der Waals surface area contributed by atoms with Crippen LogP contribution in [0.25, 0.3) is 33.1 Å². The summed E-state index contributed by atoms with van der Waals surface area (Å²) in [5.41, 5.74) is -0.204. The van der Waals surface area contributed by atoms with Crippen LogP contribution in [0.15, 0.2) is 94.8 Å². The summed E-state index contributed by atoms with van der Waals surface area (Å²) in [6, 6.07) is 22.9. The minimum absolute atomic E-state index is 0.000631. The standard InChI is InChI=1S/C30H24F3N3O2/c1-3-19(2)38-27-16-15-20-9-4-5-12-23(20)25(27)18-34-36-28(21-10-8-11-22(17-21)30(31,32)33)35-26-14-7-6-13-24(26)29(36)37/h4-19H,3H2,1-2H3/t19-/m0/s1. The van der Waals surface area contributed by atoms with Crippen molar-refractivity contribution in [3.8, 4) is 17.1 Å². The molecule has 1 atom stereocenters. The maximum absolute atomic E-state index is 13.6. The molecule has 0 aliphatic rings. The van der Waals surface area contributed by atoms with Crippen molar-refractivity contribution in [3.05, 3.63) is 106 Å². The van der Waals surface area contributed by atoms with Crippen molar-refractivity contribution >= 4 is 27.9 Å². The summed E-state index contributed by atoms with van der Waals surface area (Å²) in [7, 11) is 0. The van der Waals surface area contributed by atoms with E-state index in [1.54, 1.807) is 24.3 Å². The highest BCUT2D eigenvalue weighted by atomic mass is 19.4. The van der Waals surface area contributed by atoms with Crippen molar-refractivity contribution in [1.82, 2.24) is 9.66 Å². The van der Waals surface area contributed by atoms with E-state index in [-0.39, 0.29) is 17.5 Å². The fourth-order valence-corrected chi connectivity index (χ4v) is 4.18. The zero-order valence-corrected chi connectivity index (χ0v) is 20.7. The van der Waals surface area contributed by atoms with E-state index in [1.165, 1.54) is 18.3 Å². The molecule has 0 fully saturated rings. The predicted molar refractivity (Wildman–Crippen MR) is 144 cm³/mol. The Balaban J connectivity index is 1.74. The molecule has 1 aromatic heterocycles. The molecule has 0 aliphatic heterocycles. The molecule has 5 aromatic rings. The molecule has 0 aliphatic carbocycles. The van der Waals surface area contributed by atoms with Gasteiger partial charge in [0.25, 0.3) is 5.56 Å². The molecular formula is C30H24F3N3O2. The van der Waals surface area contributed by atoms with Crippen molar-refractivity contribution < 1.29 is 17.9 Å². The van der Waals surface area contributed by atoms with Crippen LogP contribution in [0.5, 0.6) is 5.75 Å². The van der Waals surface area contributed by atoms with Crippen molar-refractivity contribution in [2.45, 2.75) is 32.5 Å². The van der Waals surface area contributed by atoms with E-state index in [0.717, 1.165) is 34.0 Å². The summed E-state index contributed by atoms with van der Waals surface area (Å²) >= 11 is 0. The van der Waals surface area contributed by atoms with Crippen LogP contribution in [0, 0.1) is 0 Å². The van der Waals surface area contributed by atoms with Gasteiger partial charge in [0.2, 0.25) is 0 Å². The molecule has 5 nitrogen and oxygen atoms in total. The number of rotatable bonds is 6. The summed E-state index contributed by atoms with van der Waals surface area (Å²) in [5.74, 6) is 0.588. The summed E-state index contributed by atoms with van der Waals surface area (Å²) in [4.78, 5) is 18.1. The Labute approximate surface area is 216 Å². The number of hydrogen-bond acceptors (Lipinski definition) is 4. The maximum atomic E-state index is 13.6. The number of nitrogens with zero attached hydrogens (tertiary/aromatic N) is 3. The molecule has 0 bridgehead atoms. The van der Waals surface area contributed by atoms with Crippen molar-refractivity contribution in [2.24, 2.45) is 5.10 Å². The average Bonchev–Trinajstić information content (AvgIpc) is 2.92. The molecule has 0 unspecified atom stereocenters. The van der Waals surface area contributed by atoms with Gasteiger partial charge in [0.15, 0.2) is 5.82 Å². The minimum Gasteiger partial charge on any atom is -0.490 e. The highest BCUT2D eigenvalue weighted by Gasteiger charge is 2.31. The van der Waals surface area contributed by atoms with Crippen molar-refractivity contribution in [1.29, 1.82) is 0 Å². The van der Waals surface area contributed by atoms with Crippen LogP contribution in [-0.2, 0) is 6.18 Å². The Morgan fingerprint density at radius 2 is 1.71 bits per heavy atom. The summed E-state index contributed by atoms with van der Waals surface area (Å²) in [6.45, 7) is 3.97. The Morgan fingerprint density at radius 3 is 2.47 bits per heavy atom. The van der Waals surface area contributed by atoms with E-state index in [9.17, 15) is 18.0 Å². The van der Waals surface area contributed by atoms with Gasteiger partial charge in [-0.25, -0.2) is 4.98 Å². The lowest BCUT2D eigenvalue weighted by Crippen LogP contribution is -2.20. The minimum atomic E-state index is -4.55. The second-order valence-corrected chi connectivity index (χ2v) is 8.93. The number of fused-ring (bicyclic) bond motifs is 2. The van der Waals surface area contributed by atoms with Gasteiger partial charge in [0, 0.05) is 11.1 Å². The molecule has 38 heavy (non-hydrogen) atoms. The third kappa shape index (κ3) is 4.89. The largest absolute Gasteiger partial charge is 0.490 e. The topological polar surface area (TPSA) is 56.5 Å². The van der Waals surface area contributed by atoms with E-state index in [2.05, 4.69) is 10.1 Å². The van der Waals surface area contributed by atoms with Crippen LogP contribution in [-0.4, -0.2) is 22.0 Å². The first-order valence-electron chi connectivity index (χ1n) is 12.2. The Bertz CT molecular complexity index is 1720. The van der Waals surface area contributed by atoms with Gasteiger partial charge in [-0.05, 0) is 54.4 Å². The molecule has 0 saturated heterocycles. The van der Waals surface area contributed by atoms with Gasteiger partial charge in [0.1, 0.15) is 5.75 Å². The van der Waals surface area contributed by atoms with Gasteiger partial charge in [-0.3, -0.25) is 4.79 Å². The molecule has 8 heteroatoms. The summed E-state index contributed by atoms with van der Waals surface area (Å²) in [5, 5.41) is 6.61. The number of aromatic nitrogens is 2. The van der Waals surface area contributed by atoms with Crippen LogP contribution in [0.1, 0.15) is 31.4 Å². The maximum Gasteiger partial charge on any atom is 0.416 e. The number of hydrogen-bond donors (Lipinski definition) is 0. The molecule has 0 spiro atoms. The van der Waals surface area contributed by atoms with Gasteiger partial charge in [-0.1, -0.05) is 61.5 Å². The van der Waals surface area contributed by atoms with Crippen LogP contribution >= 0.6 is 0 Å². The molecule has 0 radical (unpaired) electrons. The predicted octanol–water partition coefficient (Wildman–Crippen LogP) is 7.30. The fraction of sp³-hybridized carbons (Fsp3) is 0.167. The zero-order chi connectivity index (χ0) is 26.9. The quantitative estimate of drug-likeness (QED) is 0.223. The second kappa shape index (κ2) is 10.1. The molecule has 0 amide bonds. The first-order chi connectivity index (χ1) is 18.3. The summed E-state index contributed by atoms with van der Waals surface area (Å²) in [6.07, 6.45) is -2.31. The van der Waals surface area contributed by atoms with E-state index >= 15 is 0 Å². The van der Waals surface area contributed by atoms with E-state index < -0.39 is 17.3 Å². The van der Waals surface area contributed by atoms with Crippen molar-refractivity contribution in [3.63, 3.8) is 0 Å². The van der Waals surface area contributed by atoms with Crippen LogP contribution in [0.2, 0.25) is 0 Å². The normalized spacial score (nSPS) is 12.9. The monoisotopic (exact) mass is 515 g/mol. The van der Waals surface area contributed by atoms with Crippen LogP contribution in [0.3, 0.4) is 0 Å². The number of halogens is 3. The lowest BCUT2D eigenvalue weighted by atomic mass is 10.0. The summed E-state index contributed by atoms with van der Waals surface area (Å²) < 4.78 is 47.6. The van der Waals surface area contributed by atoms with Crippen LogP contribution < -0.4 is 10.3 Å². The first-order valence-corrected chi connectivity index (χ1v) is 12.2. The van der Waals surface area contributed by atoms with E-state index in [4.69, 9.17) is 4.74 Å². The molecule has 4 aromatic carbocycles. The lowest BCUT2D eigenvalue weighted by molar-refractivity contribution is -0.137. The van der Waals surface area contributed by atoms with E-state index in [1.807, 2.05) is 50.2 Å². The molecule has 0 N–H and O–H groups in total. The van der Waals surface area contributed by atoms with Gasteiger partial charge < -0.3 is 4.74 Å². The Hall–Kier alpha value is -4.46. The van der Waals surface area contributed by atoms with Gasteiger partial charge in [-0.2, -0.15) is 22.9 Å². The smallest absolute Gasteiger partial charge is 0.416 e. The Kier molecular flexibility index (Phi) is 6.72.